The van der Waals surface area contributed by atoms with Crippen molar-refractivity contribution in [3.05, 3.63) is 22.8 Å². The van der Waals surface area contributed by atoms with Crippen LogP contribution in [0.15, 0.2) is 22.8 Å². The topological polar surface area (TPSA) is 34.1 Å². The van der Waals surface area contributed by atoms with Crippen molar-refractivity contribution in [1.82, 2.24) is 0 Å². The summed E-state index contributed by atoms with van der Waals surface area (Å²) >= 11 is 0. The number of unbranched alkanes of at least 4 members (excludes halogenated alkanes) is 7. The molecular weight excluding hydrogens is 248 g/mol. The largest absolute Gasteiger partial charge is 0.290 e. The number of allylic oxidation sites excluding steroid dienone is 4. The smallest absolute Gasteiger partial charge is 0.185 e. The maximum Gasteiger partial charge on any atom is 0.185 e. The van der Waals surface area contributed by atoms with E-state index >= 15 is 0 Å². The van der Waals surface area contributed by atoms with Gasteiger partial charge in [-0.1, -0.05) is 51.9 Å². The zero-order chi connectivity index (χ0) is 15.0. The van der Waals surface area contributed by atoms with E-state index in [0.717, 1.165) is 19.3 Å². The first-order valence-corrected chi connectivity index (χ1v) is 8.05. The van der Waals surface area contributed by atoms with Crippen LogP contribution in [0.1, 0.15) is 78.6 Å². The van der Waals surface area contributed by atoms with Crippen molar-refractivity contribution in [2.45, 2.75) is 78.6 Å². The van der Waals surface area contributed by atoms with Crippen molar-refractivity contribution in [2.75, 3.05) is 0 Å². The number of carbonyl (C=O) groups excluding carboxylic acids is 2. The Morgan fingerprint density at radius 3 is 1.95 bits per heavy atom. The fraction of sp³-hybridized carbons (Fsp3) is 0.667. The van der Waals surface area contributed by atoms with Crippen LogP contribution in [0.4, 0.5) is 0 Å². The molecule has 0 atom stereocenters. The van der Waals surface area contributed by atoms with Crippen LogP contribution < -0.4 is 0 Å². The Bertz CT molecular complexity index is 413. The predicted octanol–water partition coefficient (Wildman–Crippen LogP) is 4.93. The summed E-state index contributed by atoms with van der Waals surface area (Å²) in [6, 6.07) is 0. The van der Waals surface area contributed by atoms with E-state index in [9.17, 15) is 9.59 Å². The monoisotopic (exact) mass is 276 g/mol. The van der Waals surface area contributed by atoms with Crippen LogP contribution in [0, 0.1) is 0 Å². The lowest BCUT2D eigenvalue weighted by Gasteiger charge is -2.14. The second-order valence-electron chi connectivity index (χ2n) is 5.84. The molecular formula is C18H28O2. The predicted molar refractivity (Wildman–Crippen MR) is 83.7 cm³/mol. The van der Waals surface area contributed by atoms with E-state index in [1.54, 1.807) is 19.9 Å². The number of rotatable bonds is 9. The lowest BCUT2D eigenvalue weighted by Crippen LogP contribution is -2.16. The van der Waals surface area contributed by atoms with Gasteiger partial charge in [0.15, 0.2) is 11.6 Å². The van der Waals surface area contributed by atoms with Gasteiger partial charge < -0.3 is 0 Å². The molecule has 0 saturated carbocycles. The highest BCUT2D eigenvalue weighted by Gasteiger charge is 2.22. The standard InChI is InChI=1S/C18H28O2/c1-4-5-6-7-8-9-10-11-12-16-13-17(19)14(2)15(3)18(16)20/h13H,4-12H2,1-3H3. The Balaban J connectivity index is 2.21. The van der Waals surface area contributed by atoms with Gasteiger partial charge in [0.05, 0.1) is 0 Å². The number of hydrogen-bond donors (Lipinski definition) is 0. The van der Waals surface area contributed by atoms with E-state index in [1.807, 2.05) is 0 Å². The summed E-state index contributed by atoms with van der Waals surface area (Å²) < 4.78 is 0. The van der Waals surface area contributed by atoms with Gasteiger partial charge in [0.25, 0.3) is 0 Å². The highest BCUT2D eigenvalue weighted by Crippen LogP contribution is 2.22. The Hall–Kier alpha value is -1.18. The maximum atomic E-state index is 12.0. The molecule has 0 bridgehead atoms. The minimum Gasteiger partial charge on any atom is -0.290 e. The van der Waals surface area contributed by atoms with E-state index in [4.69, 9.17) is 0 Å². The zero-order valence-electron chi connectivity index (χ0n) is 13.3. The van der Waals surface area contributed by atoms with Crippen molar-refractivity contribution in [3.63, 3.8) is 0 Å². The first-order valence-electron chi connectivity index (χ1n) is 8.05. The number of ketones is 2. The molecule has 0 N–H and O–H groups in total. The molecule has 0 unspecified atom stereocenters. The molecule has 2 nitrogen and oxygen atoms in total. The van der Waals surface area contributed by atoms with Crippen molar-refractivity contribution < 1.29 is 9.59 Å². The summed E-state index contributed by atoms with van der Waals surface area (Å²) in [5.74, 6) is 0.0849. The third kappa shape index (κ3) is 5.07. The van der Waals surface area contributed by atoms with Gasteiger partial charge in [-0.05, 0) is 32.8 Å². The molecule has 0 spiro atoms. The van der Waals surface area contributed by atoms with Crippen LogP contribution in [0.3, 0.4) is 0 Å². The van der Waals surface area contributed by atoms with Crippen LogP contribution in [0.2, 0.25) is 0 Å². The molecule has 0 aromatic rings. The van der Waals surface area contributed by atoms with E-state index in [2.05, 4.69) is 6.92 Å². The SMILES string of the molecule is CCCCCCCCCCC1=CC(=O)C(C)=C(C)C1=O. The molecule has 20 heavy (non-hydrogen) atoms. The van der Waals surface area contributed by atoms with Crippen LogP contribution in [-0.4, -0.2) is 11.6 Å². The zero-order valence-corrected chi connectivity index (χ0v) is 13.3. The van der Waals surface area contributed by atoms with Crippen LogP contribution in [0.5, 0.6) is 0 Å². The number of carbonyl (C=O) groups is 2. The molecule has 0 aliphatic heterocycles. The molecule has 112 valence electrons. The first kappa shape index (κ1) is 16.9. The van der Waals surface area contributed by atoms with E-state index in [1.165, 1.54) is 38.5 Å². The second-order valence-corrected chi connectivity index (χ2v) is 5.84. The van der Waals surface area contributed by atoms with Crippen molar-refractivity contribution in [2.24, 2.45) is 0 Å². The Labute approximate surface area is 123 Å². The average Bonchev–Trinajstić information content (AvgIpc) is 2.44. The van der Waals surface area contributed by atoms with E-state index < -0.39 is 0 Å². The second kappa shape index (κ2) is 8.89. The fourth-order valence-corrected chi connectivity index (χ4v) is 2.56. The van der Waals surface area contributed by atoms with Gasteiger partial charge in [0.2, 0.25) is 0 Å². The highest BCUT2D eigenvalue weighted by atomic mass is 16.1. The third-order valence-corrected chi connectivity index (χ3v) is 4.17. The van der Waals surface area contributed by atoms with Crippen LogP contribution in [0.25, 0.3) is 0 Å². The number of hydrogen-bond acceptors (Lipinski definition) is 2. The minimum absolute atomic E-state index is 0.0108. The van der Waals surface area contributed by atoms with Gasteiger partial charge in [0, 0.05) is 16.7 Å². The van der Waals surface area contributed by atoms with Crippen molar-refractivity contribution in [1.29, 1.82) is 0 Å². The summed E-state index contributed by atoms with van der Waals surface area (Å²) in [7, 11) is 0. The Morgan fingerprint density at radius 1 is 0.800 bits per heavy atom. The molecule has 1 aliphatic carbocycles. The summed E-state index contributed by atoms with van der Waals surface area (Å²) in [6.45, 7) is 5.73. The van der Waals surface area contributed by atoms with Gasteiger partial charge in [-0.2, -0.15) is 0 Å². The van der Waals surface area contributed by atoms with Gasteiger partial charge in [-0.25, -0.2) is 0 Å². The molecule has 0 fully saturated rings. The highest BCUT2D eigenvalue weighted by molar-refractivity contribution is 6.22. The van der Waals surface area contributed by atoms with Crippen LogP contribution in [-0.2, 0) is 9.59 Å². The summed E-state index contributed by atoms with van der Waals surface area (Å²) in [5, 5.41) is 0. The normalized spacial score (nSPS) is 15.8. The van der Waals surface area contributed by atoms with E-state index in [0.29, 0.717) is 16.7 Å². The summed E-state index contributed by atoms with van der Waals surface area (Å²) in [6.07, 6.45) is 12.3. The maximum absolute atomic E-state index is 12.0. The van der Waals surface area contributed by atoms with Crippen molar-refractivity contribution >= 4 is 11.6 Å². The van der Waals surface area contributed by atoms with Gasteiger partial charge >= 0.3 is 0 Å². The molecule has 0 radical (unpaired) electrons. The number of Topliss-reactive ketones (excluding diaryl/α,β-unsaturated/α-hetero) is 1. The van der Waals surface area contributed by atoms with Gasteiger partial charge in [0.1, 0.15) is 0 Å². The van der Waals surface area contributed by atoms with E-state index in [-0.39, 0.29) is 11.6 Å². The molecule has 0 heterocycles. The molecule has 2 heteroatoms. The molecule has 0 amide bonds. The molecule has 1 aliphatic rings. The van der Waals surface area contributed by atoms with Gasteiger partial charge in [-0.15, -0.1) is 0 Å². The van der Waals surface area contributed by atoms with Gasteiger partial charge in [-0.3, -0.25) is 9.59 Å². The lowest BCUT2D eigenvalue weighted by atomic mass is 9.88. The first-order chi connectivity index (χ1) is 9.57. The summed E-state index contributed by atoms with van der Waals surface area (Å²) in [4.78, 5) is 23.8. The summed E-state index contributed by atoms with van der Waals surface area (Å²) in [5.41, 5.74) is 1.95. The molecule has 0 saturated heterocycles. The average molecular weight is 276 g/mol. The third-order valence-electron chi connectivity index (χ3n) is 4.17. The molecule has 0 aromatic heterocycles. The minimum atomic E-state index is 0.0108. The Morgan fingerprint density at radius 2 is 1.35 bits per heavy atom. The quantitative estimate of drug-likeness (QED) is 0.442. The Kier molecular flexibility index (Phi) is 7.50. The lowest BCUT2D eigenvalue weighted by molar-refractivity contribution is -0.116. The van der Waals surface area contributed by atoms with Crippen LogP contribution >= 0.6 is 0 Å². The molecule has 1 rings (SSSR count). The van der Waals surface area contributed by atoms with Crippen molar-refractivity contribution in [3.8, 4) is 0 Å². The fourth-order valence-electron chi connectivity index (χ4n) is 2.56. The molecule has 0 aromatic carbocycles.